The van der Waals surface area contributed by atoms with Gasteiger partial charge < -0.3 is 4.90 Å². The lowest BCUT2D eigenvalue weighted by Gasteiger charge is -2.19. The van der Waals surface area contributed by atoms with E-state index in [0.717, 1.165) is 6.42 Å². The van der Waals surface area contributed by atoms with Crippen molar-refractivity contribution in [2.45, 2.75) is 13.3 Å². The van der Waals surface area contributed by atoms with Crippen molar-refractivity contribution >= 4 is 5.91 Å². The number of nitrogens with zero attached hydrogens (tertiary/aromatic N) is 3. The lowest BCUT2D eigenvalue weighted by Crippen LogP contribution is -2.33. The Kier molecular flexibility index (Phi) is 4.06. The van der Waals surface area contributed by atoms with Crippen LogP contribution < -0.4 is 0 Å². The third kappa shape index (κ3) is 2.94. The number of benzene rings is 1. The second-order valence-corrected chi connectivity index (χ2v) is 3.98. The van der Waals surface area contributed by atoms with E-state index in [4.69, 9.17) is 0 Å². The minimum absolute atomic E-state index is 0.0813. The summed E-state index contributed by atoms with van der Waals surface area (Å²) in [5, 5.41) is 9.92. The van der Waals surface area contributed by atoms with Gasteiger partial charge in [-0.3, -0.25) is 4.79 Å². The topological polar surface area (TPSA) is 61.9 Å². The molecule has 5 nitrogen and oxygen atoms in total. The first-order valence-corrected chi connectivity index (χ1v) is 6.00. The van der Waals surface area contributed by atoms with E-state index in [2.05, 4.69) is 27.5 Å². The van der Waals surface area contributed by atoms with Gasteiger partial charge in [0.1, 0.15) is 0 Å². The second-order valence-electron chi connectivity index (χ2n) is 3.98. The number of nitrogens with one attached hydrogen (secondary N) is 1. The van der Waals surface area contributed by atoms with E-state index >= 15 is 0 Å². The zero-order chi connectivity index (χ0) is 12.8. The van der Waals surface area contributed by atoms with Crippen molar-refractivity contribution in [2.75, 3.05) is 13.1 Å². The minimum atomic E-state index is -0.0813. The molecule has 0 unspecified atom stereocenters. The van der Waals surface area contributed by atoms with Crippen LogP contribution in [0.15, 0.2) is 36.5 Å². The zero-order valence-electron chi connectivity index (χ0n) is 10.3. The quantitative estimate of drug-likeness (QED) is 0.867. The summed E-state index contributed by atoms with van der Waals surface area (Å²) in [5.41, 5.74) is 1.59. The molecule has 0 atom stereocenters. The maximum absolute atomic E-state index is 12.1. The highest BCUT2D eigenvalue weighted by Gasteiger charge is 2.16. The number of aromatic amines is 1. The lowest BCUT2D eigenvalue weighted by molar-refractivity contribution is 0.0760. The van der Waals surface area contributed by atoms with E-state index in [-0.39, 0.29) is 5.91 Å². The van der Waals surface area contributed by atoms with Crippen molar-refractivity contribution in [3.63, 3.8) is 0 Å². The number of amides is 1. The first-order valence-electron chi connectivity index (χ1n) is 6.00. The van der Waals surface area contributed by atoms with Crippen LogP contribution in [-0.2, 0) is 6.42 Å². The first-order chi connectivity index (χ1) is 8.81. The fourth-order valence-electron chi connectivity index (χ4n) is 1.78. The van der Waals surface area contributed by atoms with Gasteiger partial charge in [-0.25, -0.2) is 0 Å². The maximum Gasteiger partial charge on any atom is 0.276 e. The molecule has 0 radical (unpaired) electrons. The molecule has 0 aliphatic rings. The van der Waals surface area contributed by atoms with Gasteiger partial charge in [0.05, 0.1) is 6.20 Å². The van der Waals surface area contributed by atoms with Crippen LogP contribution in [0.25, 0.3) is 0 Å². The molecule has 0 spiro atoms. The molecule has 2 rings (SSSR count). The standard InChI is InChI=1S/C13H16N4O/c1-2-17(13(18)12-10-14-16-15-12)9-8-11-6-4-3-5-7-11/h3-7,10H,2,8-9H2,1H3,(H,14,15,16). The molecule has 0 saturated heterocycles. The minimum Gasteiger partial charge on any atom is -0.337 e. The Bertz CT molecular complexity index is 481. The van der Waals surface area contributed by atoms with Crippen molar-refractivity contribution in [1.82, 2.24) is 20.3 Å². The summed E-state index contributed by atoms with van der Waals surface area (Å²) >= 11 is 0. The number of rotatable bonds is 5. The number of carbonyl (C=O) groups excluding carboxylic acids is 1. The van der Waals surface area contributed by atoms with Gasteiger partial charge in [0.2, 0.25) is 0 Å². The van der Waals surface area contributed by atoms with Gasteiger partial charge in [-0.15, -0.1) is 0 Å². The summed E-state index contributed by atoms with van der Waals surface area (Å²) in [4.78, 5) is 13.8. The van der Waals surface area contributed by atoms with E-state index in [1.165, 1.54) is 11.8 Å². The van der Waals surface area contributed by atoms with E-state index in [9.17, 15) is 4.79 Å². The fourth-order valence-corrected chi connectivity index (χ4v) is 1.78. The number of aromatic nitrogens is 3. The van der Waals surface area contributed by atoms with Crippen LogP contribution in [0.5, 0.6) is 0 Å². The van der Waals surface area contributed by atoms with Gasteiger partial charge in [-0.05, 0) is 18.9 Å². The smallest absolute Gasteiger partial charge is 0.276 e. The Morgan fingerprint density at radius 1 is 1.33 bits per heavy atom. The summed E-state index contributed by atoms with van der Waals surface area (Å²) in [6.07, 6.45) is 2.30. The molecule has 5 heteroatoms. The maximum atomic E-state index is 12.1. The molecule has 1 N–H and O–H groups in total. The van der Waals surface area contributed by atoms with E-state index in [1.54, 1.807) is 4.90 Å². The van der Waals surface area contributed by atoms with Gasteiger partial charge in [0.25, 0.3) is 5.91 Å². The molecule has 1 heterocycles. The number of H-pyrrole nitrogens is 1. The van der Waals surface area contributed by atoms with Crippen LogP contribution in [0, 0.1) is 0 Å². The number of hydrogen-bond donors (Lipinski definition) is 1. The molecule has 18 heavy (non-hydrogen) atoms. The molecule has 2 aromatic rings. The summed E-state index contributed by atoms with van der Waals surface area (Å²) in [6, 6.07) is 10.1. The number of hydrogen-bond acceptors (Lipinski definition) is 3. The molecule has 0 aliphatic carbocycles. The molecule has 0 fully saturated rings. The summed E-state index contributed by atoms with van der Waals surface area (Å²) in [5.74, 6) is -0.0813. The SMILES string of the molecule is CCN(CCc1ccccc1)C(=O)c1cn[nH]n1. The zero-order valence-corrected chi connectivity index (χ0v) is 10.3. The van der Waals surface area contributed by atoms with Crippen molar-refractivity contribution in [2.24, 2.45) is 0 Å². The van der Waals surface area contributed by atoms with Crippen LogP contribution in [0.2, 0.25) is 0 Å². The Morgan fingerprint density at radius 3 is 2.72 bits per heavy atom. The van der Waals surface area contributed by atoms with Crippen molar-refractivity contribution in [3.8, 4) is 0 Å². The Hall–Kier alpha value is -2.17. The van der Waals surface area contributed by atoms with Crippen LogP contribution >= 0.6 is 0 Å². The highest BCUT2D eigenvalue weighted by Crippen LogP contribution is 2.04. The molecular weight excluding hydrogens is 228 g/mol. The van der Waals surface area contributed by atoms with Crippen molar-refractivity contribution < 1.29 is 4.79 Å². The van der Waals surface area contributed by atoms with Gasteiger partial charge >= 0.3 is 0 Å². The summed E-state index contributed by atoms with van der Waals surface area (Å²) in [7, 11) is 0. The Labute approximate surface area is 106 Å². The second kappa shape index (κ2) is 5.95. The van der Waals surface area contributed by atoms with Crippen LogP contribution in [0.3, 0.4) is 0 Å². The van der Waals surface area contributed by atoms with Gasteiger partial charge in [0, 0.05) is 13.1 Å². The largest absolute Gasteiger partial charge is 0.337 e. The Balaban J connectivity index is 1.96. The highest BCUT2D eigenvalue weighted by atomic mass is 16.2. The average Bonchev–Trinajstić information content (AvgIpc) is 2.94. The molecule has 0 aliphatic heterocycles. The van der Waals surface area contributed by atoms with Gasteiger partial charge in [0.15, 0.2) is 5.69 Å². The van der Waals surface area contributed by atoms with E-state index in [1.807, 2.05) is 25.1 Å². The molecule has 1 amide bonds. The molecule has 0 saturated carbocycles. The molecule has 0 bridgehead atoms. The molecule has 1 aromatic heterocycles. The number of likely N-dealkylation sites (N-methyl/N-ethyl adjacent to an activating group) is 1. The molecule has 1 aromatic carbocycles. The Morgan fingerprint density at radius 2 is 2.11 bits per heavy atom. The lowest BCUT2D eigenvalue weighted by atomic mass is 10.1. The van der Waals surface area contributed by atoms with Gasteiger partial charge in [-0.2, -0.15) is 15.4 Å². The molecular formula is C13H16N4O. The average molecular weight is 244 g/mol. The number of carbonyl (C=O) groups is 1. The first kappa shape index (κ1) is 12.3. The third-order valence-electron chi connectivity index (χ3n) is 2.82. The van der Waals surface area contributed by atoms with Crippen LogP contribution in [0.1, 0.15) is 23.0 Å². The third-order valence-corrected chi connectivity index (χ3v) is 2.82. The summed E-state index contributed by atoms with van der Waals surface area (Å²) in [6.45, 7) is 3.31. The van der Waals surface area contributed by atoms with Gasteiger partial charge in [-0.1, -0.05) is 30.3 Å². The van der Waals surface area contributed by atoms with Crippen LogP contribution in [0.4, 0.5) is 0 Å². The van der Waals surface area contributed by atoms with E-state index in [0.29, 0.717) is 18.8 Å². The molecule has 94 valence electrons. The predicted molar refractivity (Wildman–Crippen MR) is 68.1 cm³/mol. The van der Waals surface area contributed by atoms with Crippen LogP contribution in [-0.4, -0.2) is 39.3 Å². The predicted octanol–water partition coefficient (Wildman–Crippen LogP) is 1.51. The van der Waals surface area contributed by atoms with E-state index < -0.39 is 0 Å². The van der Waals surface area contributed by atoms with Crippen molar-refractivity contribution in [1.29, 1.82) is 0 Å². The summed E-state index contributed by atoms with van der Waals surface area (Å²) < 4.78 is 0. The van der Waals surface area contributed by atoms with Crippen molar-refractivity contribution in [3.05, 3.63) is 47.8 Å². The highest BCUT2D eigenvalue weighted by molar-refractivity contribution is 5.91. The fraction of sp³-hybridized carbons (Fsp3) is 0.308. The normalized spacial score (nSPS) is 10.3. The monoisotopic (exact) mass is 244 g/mol.